The third kappa shape index (κ3) is 5.96. The molecular weight excluding hydrogens is 546 g/mol. The minimum Gasteiger partial charge on any atom is -0.352 e. The van der Waals surface area contributed by atoms with Crippen LogP contribution in [0.4, 0.5) is 26.3 Å². The van der Waals surface area contributed by atoms with E-state index in [4.69, 9.17) is 0 Å². The number of likely N-dealkylation sites (tertiary alicyclic amines) is 1. The summed E-state index contributed by atoms with van der Waals surface area (Å²) in [6.45, 7) is 5.22. The van der Waals surface area contributed by atoms with Crippen LogP contribution in [-0.4, -0.2) is 39.7 Å². The number of benzene rings is 2. The number of nitrogens with zero attached hydrogens (tertiary/aromatic N) is 3. The van der Waals surface area contributed by atoms with Crippen LogP contribution in [0.3, 0.4) is 0 Å². The van der Waals surface area contributed by atoms with Crippen LogP contribution in [0.25, 0.3) is 10.9 Å². The Morgan fingerprint density at radius 1 is 0.976 bits per heavy atom. The highest BCUT2D eigenvalue weighted by Gasteiger charge is 2.49. The molecule has 3 aromatic rings. The highest BCUT2D eigenvalue weighted by atomic mass is 19.4. The standard InChI is InChI=1S/C30H34F6N4O/c1-19(2)28(27(41)37-17-20-13-22(29(31,32)33)15-23(14-20)30(34,35)36)10-7-25(16-28)39-11-8-24(9-12-39)40-26-6-4-3-5-21(26)18-38-40/h3-6,13-15,18-19,24-25H,7-12,16-17H2,1-2H3,(H,37,41)/t25-,28+/m1/s1. The van der Waals surface area contributed by atoms with Crippen molar-refractivity contribution in [2.45, 2.75) is 76.9 Å². The second-order valence-corrected chi connectivity index (χ2v) is 11.7. The molecule has 1 N–H and O–H groups in total. The van der Waals surface area contributed by atoms with E-state index in [-0.39, 0.29) is 29.5 Å². The molecule has 0 spiro atoms. The molecule has 2 aliphatic rings. The summed E-state index contributed by atoms with van der Waals surface area (Å²) in [5, 5.41) is 8.41. The number of carbonyl (C=O) groups excluding carboxylic acids is 1. The number of amides is 1. The molecule has 1 amide bonds. The number of fused-ring (bicyclic) bond motifs is 1. The molecule has 1 aromatic heterocycles. The molecule has 2 heterocycles. The number of rotatable bonds is 6. The van der Waals surface area contributed by atoms with Gasteiger partial charge in [0.2, 0.25) is 5.91 Å². The number of hydrogen-bond donors (Lipinski definition) is 1. The van der Waals surface area contributed by atoms with Crippen LogP contribution in [0.1, 0.15) is 68.7 Å². The second kappa shape index (κ2) is 11.0. The van der Waals surface area contributed by atoms with Gasteiger partial charge in [-0.2, -0.15) is 31.4 Å². The van der Waals surface area contributed by atoms with E-state index in [1.165, 1.54) is 0 Å². The summed E-state index contributed by atoms with van der Waals surface area (Å²) in [6.07, 6.45) is -4.10. The van der Waals surface area contributed by atoms with E-state index in [1.54, 1.807) is 0 Å². The molecule has 11 heteroatoms. The molecule has 2 atom stereocenters. The van der Waals surface area contributed by atoms with Crippen molar-refractivity contribution in [2.75, 3.05) is 13.1 Å². The van der Waals surface area contributed by atoms with Gasteiger partial charge in [0.15, 0.2) is 0 Å². The van der Waals surface area contributed by atoms with Crippen molar-refractivity contribution in [3.05, 3.63) is 65.4 Å². The van der Waals surface area contributed by atoms with Gasteiger partial charge in [-0.25, -0.2) is 0 Å². The molecule has 41 heavy (non-hydrogen) atoms. The maximum absolute atomic E-state index is 13.5. The van der Waals surface area contributed by atoms with E-state index in [0.717, 1.165) is 43.3 Å². The molecule has 0 unspecified atom stereocenters. The fraction of sp³-hybridized carbons (Fsp3) is 0.533. The first-order chi connectivity index (χ1) is 19.3. The number of para-hydroxylation sites is 1. The molecule has 1 saturated carbocycles. The lowest BCUT2D eigenvalue weighted by Crippen LogP contribution is -2.45. The van der Waals surface area contributed by atoms with Crippen LogP contribution in [-0.2, 0) is 23.7 Å². The zero-order valence-electron chi connectivity index (χ0n) is 23.0. The summed E-state index contributed by atoms with van der Waals surface area (Å²) < 4.78 is 81.8. The van der Waals surface area contributed by atoms with Gasteiger partial charge >= 0.3 is 12.4 Å². The Morgan fingerprint density at radius 2 is 1.61 bits per heavy atom. The number of halogens is 6. The molecule has 2 fully saturated rings. The summed E-state index contributed by atoms with van der Waals surface area (Å²) in [5.74, 6) is -0.369. The molecule has 2 aromatic carbocycles. The van der Waals surface area contributed by atoms with E-state index >= 15 is 0 Å². The quantitative estimate of drug-likeness (QED) is 0.313. The minimum absolute atomic E-state index is 0.0484. The molecular formula is C30H34F6N4O. The lowest BCUT2D eigenvalue weighted by atomic mass is 9.74. The fourth-order valence-electron chi connectivity index (χ4n) is 6.61. The minimum atomic E-state index is -4.93. The first-order valence-electron chi connectivity index (χ1n) is 14.0. The van der Waals surface area contributed by atoms with Crippen LogP contribution in [0.2, 0.25) is 0 Å². The molecule has 0 radical (unpaired) electrons. The Morgan fingerprint density at radius 3 is 2.22 bits per heavy atom. The largest absolute Gasteiger partial charge is 0.416 e. The Balaban J connectivity index is 1.24. The van der Waals surface area contributed by atoms with Crippen LogP contribution in [0, 0.1) is 11.3 Å². The summed E-state index contributed by atoms with van der Waals surface area (Å²) >= 11 is 0. The maximum Gasteiger partial charge on any atom is 0.416 e. The van der Waals surface area contributed by atoms with Crippen LogP contribution in [0.15, 0.2) is 48.7 Å². The summed E-state index contributed by atoms with van der Waals surface area (Å²) in [7, 11) is 0. The summed E-state index contributed by atoms with van der Waals surface area (Å²) in [4.78, 5) is 15.9. The Bertz CT molecular complexity index is 1360. The van der Waals surface area contributed by atoms with Crippen molar-refractivity contribution in [2.24, 2.45) is 11.3 Å². The predicted octanol–water partition coefficient (Wildman–Crippen LogP) is 7.22. The number of nitrogens with one attached hydrogen (secondary N) is 1. The average Bonchev–Trinajstić information content (AvgIpc) is 3.57. The van der Waals surface area contributed by atoms with E-state index in [9.17, 15) is 31.1 Å². The molecule has 5 rings (SSSR count). The van der Waals surface area contributed by atoms with E-state index in [1.807, 2.05) is 38.2 Å². The lowest BCUT2D eigenvalue weighted by molar-refractivity contribution is -0.143. The first kappa shape index (κ1) is 29.4. The van der Waals surface area contributed by atoms with Crippen LogP contribution in [0.5, 0.6) is 0 Å². The van der Waals surface area contributed by atoms with Crippen molar-refractivity contribution in [3.63, 3.8) is 0 Å². The maximum atomic E-state index is 13.5. The monoisotopic (exact) mass is 580 g/mol. The third-order valence-electron chi connectivity index (χ3n) is 9.05. The van der Waals surface area contributed by atoms with Gasteiger partial charge in [0, 0.05) is 31.1 Å². The number of aromatic nitrogens is 2. The fourth-order valence-corrected chi connectivity index (χ4v) is 6.61. The van der Waals surface area contributed by atoms with Crippen molar-refractivity contribution in [3.8, 4) is 0 Å². The Labute approximate surface area is 234 Å². The van der Waals surface area contributed by atoms with Gasteiger partial charge in [-0.15, -0.1) is 0 Å². The van der Waals surface area contributed by atoms with Gasteiger partial charge in [0.25, 0.3) is 0 Å². The van der Waals surface area contributed by atoms with Gasteiger partial charge in [-0.05, 0) is 67.9 Å². The second-order valence-electron chi connectivity index (χ2n) is 11.7. The normalized spacial score (nSPS) is 23.0. The molecule has 222 valence electrons. The van der Waals surface area contributed by atoms with Crippen molar-refractivity contribution < 1.29 is 31.1 Å². The van der Waals surface area contributed by atoms with Crippen LogP contribution >= 0.6 is 0 Å². The predicted molar refractivity (Wildman–Crippen MR) is 143 cm³/mol. The molecule has 1 saturated heterocycles. The zero-order valence-corrected chi connectivity index (χ0v) is 23.0. The molecule has 1 aliphatic heterocycles. The number of alkyl halides is 6. The number of hydrogen-bond acceptors (Lipinski definition) is 3. The van der Waals surface area contributed by atoms with Gasteiger partial charge in [0.05, 0.1) is 34.3 Å². The third-order valence-corrected chi connectivity index (χ3v) is 9.05. The molecule has 1 aliphatic carbocycles. The summed E-state index contributed by atoms with van der Waals surface area (Å²) in [6, 6.07) is 10.0. The first-order valence-corrected chi connectivity index (χ1v) is 14.0. The molecule has 5 nitrogen and oxygen atoms in total. The average molecular weight is 581 g/mol. The van der Waals surface area contributed by atoms with Gasteiger partial charge in [-0.1, -0.05) is 32.0 Å². The number of carbonyl (C=O) groups is 1. The lowest BCUT2D eigenvalue weighted by Gasteiger charge is -2.38. The van der Waals surface area contributed by atoms with Gasteiger partial charge in [-0.3, -0.25) is 9.48 Å². The van der Waals surface area contributed by atoms with Crippen LogP contribution < -0.4 is 5.32 Å². The van der Waals surface area contributed by atoms with Gasteiger partial charge < -0.3 is 10.2 Å². The van der Waals surface area contributed by atoms with Crippen molar-refractivity contribution >= 4 is 16.8 Å². The topological polar surface area (TPSA) is 50.2 Å². The van der Waals surface area contributed by atoms with E-state index < -0.39 is 35.4 Å². The summed E-state index contributed by atoms with van der Waals surface area (Å²) in [5.41, 5.74) is -2.63. The number of piperidine rings is 1. The SMILES string of the molecule is CC(C)[C@]1(C(=O)NCc2cc(C(F)(F)F)cc(C(F)(F)F)c2)CC[C@@H](N2CCC(n3ncc4ccccc43)CC2)C1. The molecule has 0 bridgehead atoms. The Hall–Kier alpha value is -3.08. The van der Waals surface area contributed by atoms with Crippen molar-refractivity contribution in [1.29, 1.82) is 0 Å². The van der Waals surface area contributed by atoms with Crippen molar-refractivity contribution in [1.82, 2.24) is 20.0 Å². The Kier molecular flexibility index (Phi) is 7.86. The van der Waals surface area contributed by atoms with E-state index in [0.29, 0.717) is 31.0 Å². The highest BCUT2D eigenvalue weighted by Crippen LogP contribution is 2.47. The van der Waals surface area contributed by atoms with E-state index in [2.05, 4.69) is 26.1 Å². The highest BCUT2D eigenvalue weighted by molar-refractivity contribution is 5.83. The zero-order chi connectivity index (χ0) is 29.6. The smallest absolute Gasteiger partial charge is 0.352 e. The van der Waals surface area contributed by atoms with Gasteiger partial charge in [0.1, 0.15) is 0 Å².